The summed E-state index contributed by atoms with van der Waals surface area (Å²) in [7, 11) is 0. The summed E-state index contributed by atoms with van der Waals surface area (Å²) in [5, 5.41) is 13.6. The van der Waals surface area contributed by atoms with Crippen LogP contribution in [-0.2, 0) is 12.3 Å². The molecular weight excluding hydrogens is 407 g/mol. The zero-order valence-electron chi connectivity index (χ0n) is 14.5. The summed E-state index contributed by atoms with van der Waals surface area (Å²) in [5.41, 5.74) is 1.58. The molecule has 27 heavy (non-hydrogen) atoms. The van der Waals surface area contributed by atoms with E-state index in [-0.39, 0.29) is 5.82 Å². The van der Waals surface area contributed by atoms with Crippen LogP contribution in [0.4, 0.5) is 4.39 Å². The molecule has 1 aliphatic rings. The van der Waals surface area contributed by atoms with Crippen molar-refractivity contribution in [1.82, 2.24) is 29.3 Å². The normalized spacial score (nSPS) is 15.3. The second kappa shape index (κ2) is 8.64. The van der Waals surface area contributed by atoms with Crippen LogP contribution >= 0.6 is 34.9 Å². The van der Waals surface area contributed by atoms with E-state index in [1.807, 2.05) is 4.57 Å². The van der Waals surface area contributed by atoms with Gasteiger partial charge in [-0.05, 0) is 50.2 Å². The lowest BCUT2D eigenvalue weighted by Crippen LogP contribution is -2.30. The van der Waals surface area contributed by atoms with E-state index in [0.717, 1.165) is 42.0 Å². The summed E-state index contributed by atoms with van der Waals surface area (Å²) in [6.07, 6.45) is 3.70. The molecular formula is C17H18ClFN6S2. The molecule has 0 amide bonds. The molecule has 1 aliphatic heterocycles. The second-order valence-corrected chi connectivity index (χ2v) is 8.63. The number of benzene rings is 1. The van der Waals surface area contributed by atoms with Crippen LogP contribution in [0.15, 0.2) is 29.4 Å². The Morgan fingerprint density at radius 2 is 1.85 bits per heavy atom. The highest BCUT2D eigenvalue weighted by Gasteiger charge is 2.19. The average molecular weight is 425 g/mol. The van der Waals surface area contributed by atoms with Crippen LogP contribution in [0, 0.1) is 5.82 Å². The molecule has 0 unspecified atom stereocenters. The highest BCUT2D eigenvalue weighted by Crippen LogP contribution is 2.29. The van der Waals surface area contributed by atoms with Gasteiger partial charge in [-0.15, -0.1) is 15.3 Å². The Morgan fingerprint density at radius 3 is 2.56 bits per heavy atom. The second-order valence-electron chi connectivity index (χ2n) is 6.33. The highest BCUT2D eigenvalue weighted by molar-refractivity contribution is 7.98. The van der Waals surface area contributed by atoms with E-state index in [1.54, 1.807) is 12.1 Å². The fourth-order valence-electron chi connectivity index (χ4n) is 3.08. The van der Waals surface area contributed by atoms with Gasteiger partial charge in [-0.1, -0.05) is 34.3 Å². The predicted octanol–water partition coefficient (Wildman–Crippen LogP) is 4.19. The number of hydrogen-bond acceptors (Lipinski definition) is 7. The third kappa shape index (κ3) is 4.48. The maximum Gasteiger partial charge on any atom is 0.196 e. The molecule has 1 fully saturated rings. The van der Waals surface area contributed by atoms with Crippen molar-refractivity contribution in [2.45, 2.75) is 36.7 Å². The molecule has 4 rings (SSSR count). The first-order chi connectivity index (χ1) is 13.2. The molecule has 3 aromatic rings. The van der Waals surface area contributed by atoms with Crippen molar-refractivity contribution < 1.29 is 4.39 Å². The molecule has 1 aromatic carbocycles. The van der Waals surface area contributed by atoms with Crippen LogP contribution < -0.4 is 0 Å². The highest BCUT2D eigenvalue weighted by atomic mass is 35.5. The molecule has 142 valence electrons. The molecule has 0 radical (unpaired) electrons. The van der Waals surface area contributed by atoms with Gasteiger partial charge in [0.25, 0.3) is 0 Å². The molecule has 0 N–H and O–H groups in total. The summed E-state index contributed by atoms with van der Waals surface area (Å²) in [5.74, 6) is 1.14. The zero-order valence-corrected chi connectivity index (χ0v) is 16.9. The quantitative estimate of drug-likeness (QED) is 0.553. The first kappa shape index (κ1) is 18.8. The van der Waals surface area contributed by atoms with Gasteiger partial charge in [0.2, 0.25) is 0 Å². The lowest BCUT2D eigenvalue weighted by molar-refractivity contribution is 0.214. The van der Waals surface area contributed by atoms with Crippen molar-refractivity contribution in [2.75, 3.05) is 13.1 Å². The molecule has 6 nitrogen and oxygen atoms in total. The standard InChI is InChI=1S/C17H18ClFN6S2/c18-16-14(20-23-27-16)11-26-17-22-21-15(10-24-8-2-1-3-9-24)25(17)13-6-4-12(19)5-7-13/h4-7H,1-3,8-11H2. The number of aromatic nitrogens is 5. The first-order valence-electron chi connectivity index (χ1n) is 8.73. The molecule has 1 saturated heterocycles. The fourth-order valence-corrected chi connectivity index (χ4v) is 4.78. The minimum atomic E-state index is -0.265. The Kier molecular flexibility index (Phi) is 6.01. The monoisotopic (exact) mass is 424 g/mol. The van der Waals surface area contributed by atoms with Crippen LogP contribution in [0.25, 0.3) is 5.69 Å². The van der Waals surface area contributed by atoms with E-state index in [4.69, 9.17) is 11.6 Å². The maximum absolute atomic E-state index is 13.4. The summed E-state index contributed by atoms with van der Waals surface area (Å²) in [4.78, 5) is 2.39. The number of nitrogens with zero attached hydrogens (tertiary/aromatic N) is 6. The van der Waals surface area contributed by atoms with Gasteiger partial charge in [0.1, 0.15) is 15.8 Å². The van der Waals surface area contributed by atoms with Gasteiger partial charge in [0, 0.05) is 23.0 Å². The number of halogens is 2. The van der Waals surface area contributed by atoms with Crippen LogP contribution in [0.1, 0.15) is 30.8 Å². The lowest BCUT2D eigenvalue weighted by atomic mass is 10.1. The minimum Gasteiger partial charge on any atom is -0.296 e. The van der Waals surface area contributed by atoms with E-state index < -0.39 is 0 Å². The Bertz CT molecular complexity index is 891. The van der Waals surface area contributed by atoms with Crippen molar-refractivity contribution in [2.24, 2.45) is 0 Å². The van der Waals surface area contributed by atoms with Gasteiger partial charge in [0.15, 0.2) is 11.0 Å². The number of hydrogen-bond donors (Lipinski definition) is 0. The summed E-state index contributed by atoms with van der Waals surface area (Å²) in [6.45, 7) is 2.86. The van der Waals surface area contributed by atoms with Gasteiger partial charge >= 0.3 is 0 Å². The van der Waals surface area contributed by atoms with Gasteiger partial charge in [-0.3, -0.25) is 9.47 Å². The van der Waals surface area contributed by atoms with Crippen LogP contribution in [0.2, 0.25) is 4.34 Å². The molecule has 0 atom stereocenters. The Balaban J connectivity index is 1.61. The first-order valence-corrected chi connectivity index (χ1v) is 10.9. The van der Waals surface area contributed by atoms with Crippen LogP contribution in [-0.4, -0.2) is 42.3 Å². The molecule has 3 heterocycles. The topological polar surface area (TPSA) is 59.7 Å². The van der Waals surface area contributed by atoms with Gasteiger partial charge in [-0.2, -0.15) is 0 Å². The largest absolute Gasteiger partial charge is 0.296 e. The fraction of sp³-hybridized carbons (Fsp3) is 0.412. The molecule has 0 aliphatic carbocycles. The predicted molar refractivity (Wildman–Crippen MR) is 105 cm³/mol. The summed E-state index contributed by atoms with van der Waals surface area (Å²) >= 11 is 8.77. The molecule has 0 spiro atoms. The third-order valence-corrected chi connectivity index (χ3v) is 6.37. The molecule has 0 bridgehead atoms. The number of likely N-dealkylation sites (tertiary alicyclic amines) is 1. The van der Waals surface area contributed by atoms with Gasteiger partial charge in [-0.25, -0.2) is 4.39 Å². The van der Waals surface area contributed by atoms with E-state index in [2.05, 4.69) is 24.7 Å². The molecule has 2 aromatic heterocycles. The van der Waals surface area contributed by atoms with E-state index in [9.17, 15) is 4.39 Å². The smallest absolute Gasteiger partial charge is 0.196 e. The summed E-state index contributed by atoms with van der Waals surface area (Å²) < 4.78 is 19.8. The van der Waals surface area contributed by atoms with Crippen molar-refractivity contribution in [3.8, 4) is 5.69 Å². The number of rotatable bonds is 6. The van der Waals surface area contributed by atoms with E-state index >= 15 is 0 Å². The number of thioether (sulfide) groups is 1. The van der Waals surface area contributed by atoms with Crippen LogP contribution in [0.5, 0.6) is 0 Å². The minimum absolute atomic E-state index is 0.265. The maximum atomic E-state index is 13.4. The summed E-state index contributed by atoms with van der Waals surface area (Å²) in [6, 6.07) is 6.41. The third-order valence-electron chi connectivity index (χ3n) is 4.45. The van der Waals surface area contributed by atoms with Crippen molar-refractivity contribution >= 4 is 34.9 Å². The molecule has 10 heteroatoms. The lowest BCUT2D eigenvalue weighted by Gasteiger charge is -2.26. The van der Waals surface area contributed by atoms with E-state index in [0.29, 0.717) is 10.1 Å². The van der Waals surface area contributed by atoms with Crippen molar-refractivity contribution in [3.05, 3.63) is 45.9 Å². The Morgan fingerprint density at radius 1 is 1.07 bits per heavy atom. The Hall–Kier alpha value is -1.55. The SMILES string of the molecule is Fc1ccc(-n2c(CN3CCCCC3)nnc2SCc2nnsc2Cl)cc1. The van der Waals surface area contributed by atoms with Gasteiger partial charge < -0.3 is 0 Å². The zero-order chi connectivity index (χ0) is 18.6. The van der Waals surface area contributed by atoms with Crippen LogP contribution in [0.3, 0.4) is 0 Å². The van der Waals surface area contributed by atoms with E-state index in [1.165, 1.54) is 54.7 Å². The Labute approximate surface area is 169 Å². The van der Waals surface area contributed by atoms with Gasteiger partial charge in [0.05, 0.1) is 6.54 Å². The van der Waals surface area contributed by atoms with Crippen molar-refractivity contribution in [3.63, 3.8) is 0 Å². The molecule has 0 saturated carbocycles. The van der Waals surface area contributed by atoms with Crippen molar-refractivity contribution in [1.29, 1.82) is 0 Å². The average Bonchev–Trinajstić information content (AvgIpc) is 3.27. The number of piperidine rings is 1.